The molecule has 1 aromatic carbocycles. The van der Waals surface area contributed by atoms with Crippen LogP contribution in [0, 0.1) is 41.4 Å². The van der Waals surface area contributed by atoms with Crippen molar-refractivity contribution in [2.75, 3.05) is 5.32 Å². The van der Waals surface area contributed by atoms with Gasteiger partial charge in [-0.2, -0.15) is 18.4 Å². The number of nitriles is 1. The van der Waals surface area contributed by atoms with E-state index in [4.69, 9.17) is 0 Å². The van der Waals surface area contributed by atoms with Gasteiger partial charge in [0.1, 0.15) is 11.3 Å². The molecule has 0 amide bonds. The van der Waals surface area contributed by atoms with Gasteiger partial charge in [-0.05, 0) is 80.2 Å². The second-order valence-electron chi connectivity index (χ2n) is 10.2. The predicted octanol–water partition coefficient (Wildman–Crippen LogP) is 5.63. The Morgan fingerprint density at radius 3 is 2.59 bits per heavy atom. The number of carbonyl (C=O) groups excluding carboxylic acids is 1. The first kappa shape index (κ1) is 21.2. The van der Waals surface area contributed by atoms with Crippen LogP contribution in [0.1, 0.15) is 52.9 Å². The number of pyridine rings is 1. The summed E-state index contributed by atoms with van der Waals surface area (Å²) in [5.74, 6) is 1.24. The van der Waals surface area contributed by atoms with Crippen molar-refractivity contribution < 1.29 is 18.0 Å². The molecule has 1 N–H and O–H groups in total. The average molecular weight is 464 g/mol. The third-order valence-electron chi connectivity index (χ3n) is 8.27. The zero-order chi connectivity index (χ0) is 23.8. The maximum atomic E-state index is 13.4. The topological polar surface area (TPSA) is 70.2 Å². The van der Waals surface area contributed by atoms with Crippen LogP contribution in [-0.2, 0) is 6.18 Å². The van der Waals surface area contributed by atoms with Crippen LogP contribution in [0.2, 0.25) is 0 Å². The van der Waals surface area contributed by atoms with Gasteiger partial charge in [0.25, 0.3) is 0 Å². The summed E-state index contributed by atoms with van der Waals surface area (Å²) in [5.41, 5.74) is 2.04. The highest BCUT2D eigenvalue weighted by Gasteiger charge is 2.70. The number of anilines is 1. The summed E-state index contributed by atoms with van der Waals surface area (Å²) in [7, 11) is 0. The number of benzene rings is 1. The van der Waals surface area contributed by atoms with Crippen LogP contribution in [0.15, 0.2) is 42.7 Å². The summed E-state index contributed by atoms with van der Waals surface area (Å²) in [6.07, 6.45) is 1.57. The van der Waals surface area contributed by atoms with Gasteiger partial charge in [-0.25, -0.2) is 4.98 Å². The summed E-state index contributed by atoms with van der Waals surface area (Å²) >= 11 is 0. The minimum atomic E-state index is -4.44. The van der Waals surface area contributed by atoms with Crippen LogP contribution in [0.25, 0.3) is 5.65 Å². The summed E-state index contributed by atoms with van der Waals surface area (Å²) in [6.45, 7) is 1.92. The van der Waals surface area contributed by atoms with E-state index in [9.17, 15) is 23.2 Å². The molecule has 5 nitrogen and oxygen atoms in total. The molecule has 3 aliphatic rings. The summed E-state index contributed by atoms with van der Waals surface area (Å²) in [5, 5.41) is 12.9. The first-order valence-corrected chi connectivity index (χ1v) is 11.6. The van der Waals surface area contributed by atoms with Gasteiger partial charge in [-0.15, -0.1) is 0 Å². The molecule has 0 bridgehead atoms. The third kappa shape index (κ3) is 3.06. The van der Waals surface area contributed by atoms with Crippen molar-refractivity contribution in [3.05, 3.63) is 65.1 Å². The number of hydrogen-bond donors (Lipinski definition) is 1. The molecular weight excluding hydrogens is 441 g/mol. The van der Waals surface area contributed by atoms with Crippen LogP contribution >= 0.6 is 0 Å². The molecule has 5 atom stereocenters. The molecule has 3 saturated carbocycles. The minimum Gasteiger partial charge on any atom is -0.382 e. The number of nitrogens with one attached hydrogen (secondary N) is 1. The normalized spacial score (nSPS) is 29.5. The van der Waals surface area contributed by atoms with Crippen molar-refractivity contribution in [1.29, 1.82) is 5.26 Å². The number of halogens is 3. The van der Waals surface area contributed by atoms with E-state index in [1.54, 1.807) is 0 Å². The van der Waals surface area contributed by atoms with Gasteiger partial charge in [-0.1, -0.05) is 6.07 Å². The Balaban J connectivity index is 1.16. The molecule has 0 aliphatic heterocycles. The molecule has 0 radical (unpaired) electrons. The summed E-state index contributed by atoms with van der Waals surface area (Å²) < 4.78 is 40.4. The van der Waals surface area contributed by atoms with Crippen LogP contribution < -0.4 is 5.32 Å². The van der Waals surface area contributed by atoms with Crippen molar-refractivity contribution in [3.63, 3.8) is 0 Å². The zero-order valence-electron chi connectivity index (χ0n) is 18.6. The van der Waals surface area contributed by atoms with Crippen LogP contribution in [0.3, 0.4) is 0 Å². The highest BCUT2D eigenvalue weighted by atomic mass is 19.4. The van der Waals surface area contributed by atoms with E-state index in [1.807, 2.05) is 25.1 Å². The van der Waals surface area contributed by atoms with Gasteiger partial charge in [0.05, 0.1) is 17.2 Å². The SMILES string of the molecule is Cc1ccc(N[C@H]2C[C@@H]3CC4(C(=O)c5cn6cc(C(F)(F)F)ccc6n5)C[C@H](C2)C34)cc1C#N. The Bertz CT molecular complexity index is 1350. The van der Waals surface area contributed by atoms with Crippen LogP contribution in [0.5, 0.6) is 0 Å². The van der Waals surface area contributed by atoms with Gasteiger partial charge in [0, 0.05) is 29.5 Å². The van der Waals surface area contributed by atoms with Gasteiger partial charge >= 0.3 is 6.18 Å². The number of ketones is 1. The first-order chi connectivity index (χ1) is 16.2. The Kier molecular flexibility index (Phi) is 4.42. The average Bonchev–Trinajstić information content (AvgIpc) is 3.19. The molecule has 8 heteroatoms. The van der Waals surface area contributed by atoms with E-state index in [1.165, 1.54) is 16.7 Å². The number of alkyl halides is 3. The highest BCUT2D eigenvalue weighted by molar-refractivity contribution is 6.01. The minimum absolute atomic E-state index is 0.0223. The number of aryl methyl sites for hydroxylation is 1. The monoisotopic (exact) mass is 464 g/mol. The molecular formula is C26H23F3N4O. The highest BCUT2D eigenvalue weighted by Crippen LogP contribution is 2.72. The van der Waals surface area contributed by atoms with Crippen molar-refractivity contribution in [1.82, 2.24) is 9.38 Å². The van der Waals surface area contributed by atoms with Crippen LogP contribution in [-0.4, -0.2) is 21.2 Å². The van der Waals surface area contributed by atoms with Crippen molar-refractivity contribution >= 4 is 17.1 Å². The van der Waals surface area contributed by atoms with E-state index in [0.29, 0.717) is 35.0 Å². The Labute approximate surface area is 194 Å². The number of fused-ring (bicyclic) bond motifs is 1. The molecule has 2 aromatic heterocycles. The Morgan fingerprint density at radius 1 is 1.18 bits per heavy atom. The summed E-state index contributed by atoms with van der Waals surface area (Å²) in [4.78, 5) is 17.8. The van der Waals surface area contributed by atoms with E-state index in [-0.39, 0.29) is 11.5 Å². The van der Waals surface area contributed by atoms with Gasteiger partial charge in [0.2, 0.25) is 0 Å². The molecule has 3 aliphatic carbocycles. The fourth-order valence-corrected chi connectivity index (χ4v) is 6.84. The van der Waals surface area contributed by atoms with Gasteiger partial charge in [0.15, 0.2) is 5.78 Å². The smallest absolute Gasteiger partial charge is 0.382 e. The van der Waals surface area contributed by atoms with E-state index in [2.05, 4.69) is 16.4 Å². The standard InChI is InChI=1S/C26H23F3N4O/c1-14-2-4-19(8-17(14)11-30)31-20-6-15-9-25(10-16(7-20)23(15)25)24(34)21-13-33-12-18(26(27,28)29)3-5-22(33)32-21/h2-5,8,12-13,15-16,20,23,31H,6-7,9-10H2,1H3/t15-,16+,20+,23?,25?. The van der Waals surface area contributed by atoms with E-state index in [0.717, 1.165) is 49.2 Å². The lowest BCUT2D eigenvalue weighted by Crippen LogP contribution is -2.68. The van der Waals surface area contributed by atoms with Gasteiger partial charge in [-0.3, -0.25) is 4.79 Å². The maximum absolute atomic E-state index is 13.4. The molecule has 0 saturated heterocycles. The number of aromatic nitrogens is 2. The number of hydrogen-bond acceptors (Lipinski definition) is 4. The molecule has 2 unspecified atom stereocenters. The Hall–Kier alpha value is -3.34. The lowest BCUT2D eigenvalue weighted by Gasteiger charge is -2.69. The number of imidazole rings is 1. The van der Waals surface area contributed by atoms with Crippen molar-refractivity contribution in [3.8, 4) is 6.07 Å². The first-order valence-electron chi connectivity index (χ1n) is 11.6. The molecule has 6 rings (SSSR count). The number of Topliss-reactive ketones (excluding diaryl/α,β-unsaturated/α-hetero) is 1. The largest absolute Gasteiger partial charge is 0.417 e. The molecule has 3 fully saturated rings. The molecule has 34 heavy (non-hydrogen) atoms. The molecule has 174 valence electrons. The maximum Gasteiger partial charge on any atom is 0.417 e. The lowest BCUT2D eigenvalue weighted by atomic mass is 9.34. The fourth-order valence-electron chi connectivity index (χ4n) is 6.84. The molecule has 0 spiro atoms. The Morgan fingerprint density at radius 2 is 1.91 bits per heavy atom. The second kappa shape index (κ2) is 7.08. The van der Waals surface area contributed by atoms with Crippen LogP contribution in [0.4, 0.5) is 18.9 Å². The fraction of sp³-hybridized carbons (Fsp3) is 0.423. The number of carbonyl (C=O) groups is 1. The number of nitrogens with zero attached hydrogens (tertiary/aromatic N) is 3. The van der Waals surface area contributed by atoms with E-state index >= 15 is 0 Å². The third-order valence-corrected chi connectivity index (χ3v) is 8.27. The quantitative estimate of drug-likeness (QED) is 0.508. The zero-order valence-corrected chi connectivity index (χ0v) is 18.6. The predicted molar refractivity (Wildman–Crippen MR) is 119 cm³/mol. The number of rotatable bonds is 4. The summed E-state index contributed by atoms with van der Waals surface area (Å²) in [6, 6.07) is 10.7. The van der Waals surface area contributed by atoms with Crippen molar-refractivity contribution in [2.45, 2.75) is 44.8 Å². The molecule has 3 aromatic rings. The van der Waals surface area contributed by atoms with Crippen molar-refractivity contribution in [2.24, 2.45) is 23.2 Å². The second-order valence-corrected chi connectivity index (χ2v) is 10.2. The van der Waals surface area contributed by atoms with Gasteiger partial charge < -0.3 is 9.72 Å². The van der Waals surface area contributed by atoms with E-state index < -0.39 is 17.2 Å². The molecule has 2 heterocycles. The lowest BCUT2D eigenvalue weighted by molar-refractivity contribution is -0.177.